The fourth-order valence-electron chi connectivity index (χ4n) is 5.09. The number of alkyl halides is 3. The highest BCUT2D eigenvalue weighted by molar-refractivity contribution is 6.00. The number of rotatable bonds is 9. The van der Waals surface area contributed by atoms with Crippen LogP contribution in [0.4, 0.5) is 18.0 Å². The number of nitrogens with one attached hydrogen (secondary N) is 1. The number of benzene rings is 2. The second-order valence-electron chi connectivity index (χ2n) is 12.6. The van der Waals surface area contributed by atoms with Gasteiger partial charge in [-0.1, -0.05) is 24.3 Å². The molecule has 1 aliphatic heterocycles. The maximum absolute atomic E-state index is 14.0. The number of fused-ring (bicyclic) bond motifs is 1. The van der Waals surface area contributed by atoms with Gasteiger partial charge in [-0.25, -0.2) is 4.79 Å². The molecular formula is C32H40F3NO6. The molecule has 2 aliphatic rings. The first-order valence-corrected chi connectivity index (χ1v) is 14.3. The van der Waals surface area contributed by atoms with Crippen molar-refractivity contribution in [1.82, 2.24) is 5.32 Å². The van der Waals surface area contributed by atoms with E-state index >= 15 is 0 Å². The minimum atomic E-state index is -4.61. The van der Waals surface area contributed by atoms with E-state index in [0.29, 0.717) is 24.8 Å². The largest absolute Gasteiger partial charge is 0.493 e. The van der Waals surface area contributed by atoms with Crippen molar-refractivity contribution in [3.8, 4) is 5.75 Å². The molecule has 1 fully saturated rings. The summed E-state index contributed by atoms with van der Waals surface area (Å²) in [6.45, 7) is 9.10. The molecule has 0 spiro atoms. The van der Waals surface area contributed by atoms with E-state index in [4.69, 9.17) is 18.9 Å². The summed E-state index contributed by atoms with van der Waals surface area (Å²) in [5, 5.41) is 2.84. The van der Waals surface area contributed by atoms with Gasteiger partial charge in [-0.05, 0) is 95.5 Å². The topological polar surface area (TPSA) is 83.1 Å². The zero-order valence-electron chi connectivity index (χ0n) is 24.9. The van der Waals surface area contributed by atoms with Gasteiger partial charge in [-0.2, -0.15) is 13.2 Å². The monoisotopic (exact) mass is 591 g/mol. The average molecular weight is 592 g/mol. The number of Topliss-reactive ketones (excluding diaryl/α,β-unsaturated/α-hetero) is 1. The average Bonchev–Trinajstić information content (AvgIpc) is 3.25. The van der Waals surface area contributed by atoms with Crippen molar-refractivity contribution >= 4 is 11.9 Å². The second kappa shape index (κ2) is 12.2. The molecule has 0 aromatic heterocycles. The lowest BCUT2D eigenvalue weighted by Gasteiger charge is -2.44. The number of carbonyl (C=O) groups is 2. The van der Waals surface area contributed by atoms with Crippen LogP contribution >= 0.6 is 0 Å². The normalized spacial score (nSPS) is 18.0. The van der Waals surface area contributed by atoms with Crippen molar-refractivity contribution in [2.75, 3.05) is 19.8 Å². The molecule has 1 saturated heterocycles. The van der Waals surface area contributed by atoms with Gasteiger partial charge in [0.2, 0.25) is 0 Å². The van der Waals surface area contributed by atoms with Crippen molar-refractivity contribution < 1.29 is 41.7 Å². The molecule has 4 rings (SSSR count). The van der Waals surface area contributed by atoms with Gasteiger partial charge in [0.25, 0.3) is 0 Å². The van der Waals surface area contributed by atoms with Crippen molar-refractivity contribution in [2.45, 2.75) is 96.2 Å². The Morgan fingerprint density at radius 2 is 1.64 bits per heavy atom. The van der Waals surface area contributed by atoms with E-state index in [0.717, 1.165) is 29.2 Å². The summed E-state index contributed by atoms with van der Waals surface area (Å²) < 4.78 is 64.7. The first-order chi connectivity index (χ1) is 19.5. The Kier molecular flexibility index (Phi) is 9.28. The number of halogens is 3. The lowest BCUT2D eigenvalue weighted by Crippen LogP contribution is -2.61. The number of hydrogen-bond acceptors (Lipinski definition) is 6. The van der Waals surface area contributed by atoms with Gasteiger partial charge in [-0.3, -0.25) is 4.79 Å². The van der Waals surface area contributed by atoms with Crippen LogP contribution in [0, 0.1) is 0 Å². The standard InChI is InChI=1S/C32H40F3NO6/c1-29(2,3)42-28(38)36-31(19-40-30(4,5)41-20-31)15-14-22-9-13-27(25(18-22)32(33,34)35)39-16-6-7-21-8-11-24-23(17-21)10-12-26(24)37/h8-9,11,13,17-18H,6-7,10,12,14-16,19-20H2,1-5H3,(H,36,38). The smallest absolute Gasteiger partial charge is 0.419 e. The van der Waals surface area contributed by atoms with Gasteiger partial charge in [0.15, 0.2) is 11.6 Å². The molecule has 0 unspecified atom stereocenters. The minimum Gasteiger partial charge on any atom is -0.493 e. The fraction of sp³-hybridized carbons (Fsp3) is 0.562. The van der Waals surface area contributed by atoms with Gasteiger partial charge >= 0.3 is 12.3 Å². The summed E-state index contributed by atoms with van der Waals surface area (Å²) in [4.78, 5) is 24.4. The lowest BCUT2D eigenvalue weighted by molar-refractivity contribution is -0.271. The number of ether oxygens (including phenoxy) is 4. The van der Waals surface area contributed by atoms with E-state index in [2.05, 4.69) is 5.32 Å². The summed E-state index contributed by atoms with van der Waals surface area (Å²) in [7, 11) is 0. The summed E-state index contributed by atoms with van der Waals surface area (Å²) in [5.41, 5.74) is 0.734. The molecule has 7 nitrogen and oxygen atoms in total. The molecule has 0 atom stereocenters. The van der Waals surface area contributed by atoms with E-state index < -0.39 is 34.8 Å². The van der Waals surface area contributed by atoms with Crippen molar-refractivity contribution in [1.29, 1.82) is 0 Å². The Bertz CT molecular complexity index is 1290. The maximum Gasteiger partial charge on any atom is 0.419 e. The molecule has 230 valence electrons. The third kappa shape index (κ3) is 8.47. The van der Waals surface area contributed by atoms with Crippen LogP contribution in [0.1, 0.15) is 86.5 Å². The van der Waals surface area contributed by atoms with E-state index in [1.165, 1.54) is 6.07 Å². The molecule has 0 radical (unpaired) electrons. The SMILES string of the molecule is CC(C)(C)OC(=O)NC1(CCc2ccc(OCCCc3ccc4c(c3)CCC4=O)c(C(F)(F)F)c2)COC(C)(C)OC1. The van der Waals surface area contributed by atoms with E-state index in [1.807, 2.05) is 18.2 Å². The molecule has 10 heteroatoms. The zero-order valence-corrected chi connectivity index (χ0v) is 24.9. The van der Waals surface area contributed by atoms with E-state index in [1.54, 1.807) is 40.7 Å². The van der Waals surface area contributed by atoms with Crippen LogP contribution in [0.3, 0.4) is 0 Å². The summed E-state index contributed by atoms with van der Waals surface area (Å²) >= 11 is 0. The fourth-order valence-corrected chi connectivity index (χ4v) is 5.09. The molecular weight excluding hydrogens is 551 g/mol. The van der Waals surface area contributed by atoms with Gasteiger partial charge in [0.05, 0.1) is 30.9 Å². The van der Waals surface area contributed by atoms with Crippen LogP contribution in [0.2, 0.25) is 0 Å². The summed E-state index contributed by atoms with van der Waals surface area (Å²) in [6, 6.07) is 9.79. The quantitative estimate of drug-likeness (QED) is 0.322. The van der Waals surface area contributed by atoms with Gasteiger partial charge in [0.1, 0.15) is 11.4 Å². The Balaban J connectivity index is 1.39. The highest BCUT2D eigenvalue weighted by Gasteiger charge is 2.42. The Morgan fingerprint density at radius 1 is 0.976 bits per heavy atom. The van der Waals surface area contributed by atoms with Crippen LogP contribution < -0.4 is 10.1 Å². The summed E-state index contributed by atoms with van der Waals surface area (Å²) in [5.74, 6) is -0.915. The third-order valence-corrected chi connectivity index (χ3v) is 7.36. The van der Waals surface area contributed by atoms with Gasteiger partial charge in [-0.15, -0.1) is 0 Å². The van der Waals surface area contributed by atoms with Crippen LogP contribution in [-0.2, 0) is 39.6 Å². The minimum absolute atomic E-state index is 0.117. The number of hydrogen-bond donors (Lipinski definition) is 1. The van der Waals surface area contributed by atoms with E-state index in [9.17, 15) is 22.8 Å². The molecule has 2 aromatic carbocycles. The highest BCUT2D eigenvalue weighted by atomic mass is 19.4. The Hall–Kier alpha value is -3.11. The lowest BCUT2D eigenvalue weighted by atomic mass is 9.91. The molecule has 0 saturated carbocycles. The number of amides is 1. The predicted octanol–water partition coefficient (Wildman–Crippen LogP) is 6.82. The predicted molar refractivity (Wildman–Crippen MR) is 151 cm³/mol. The molecule has 42 heavy (non-hydrogen) atoms. The molecule has 1 amide bonds. The van der Waals surface area contributed by atoms with Crippen molar-refractivity contribution in [3.63, 3.8) is 0 Å². The number of ketones is 1. The maximum atomic E-state index is 14.0. The summed E-state index contributed by atoms with van der Waals surface area (Å²) in [6.07, 6.45) is -2.34. The first kappa shape index (κ1) is 31.8. The van der Waals surface area contributed by atoms with Crippen LogP contribution in [-0.4, -0.2) is 48.6 Å². The second-order valence-corrected chi connectivity index (χ2v) is 12.6. The molecule has 1 aliphatic carbocycles. The zero-order chi connectivity index (χ0) is 30.8. The van der Waals surface area contributed by atoms with Crippen LogP contribution in [0.15, 0.2) is 36.4 Å². The van der Waals surface area contributed by atoms with Crippen molar-refractivity contribution in [3.05, 3.63) is 64.2 Å². The molecule has 0 bridgehead atoms. The van der Waals surface area contributed by atoms with E-state index in [-0.39, 0.29) is 44.2 Å². The third-order valence-electron chi connectivity index (χ3n) is 7.36. The Morgan fingerprint density at radius 3 is 2.31 bits per heavy atom. The van der Waals surface area contributed by atoms with Crippen molar-refractivity contribution in [2.24, 2.45) is 0 Å². The molecule has 1 N–H and O–H groups in total. The van der Waals surface area contributed by atoms with Gasteiger partial charge < -0.3 is 24.3 Å². The number of aryl methyl sites for hydroxylation is 3. The number of carbonyl (C=O) groups excluding carboxylic acids is 2. The van der Waals surface area contributed by atoms with Gasteiger partial charge in [0, 0.05) is 12.0 Å². The molecule has 1 heterocycles. The Labute approximate surface area is 245 Å². The van der Waals surface area contributed by atoms with Crippen LogP contribution in [0.25, 0.3) is 0 Å². The molecule has 2 aromatic rings. The van der Waals surface area contributed by atoms with Crippen LogP contribution in [0.5, 0.6) is 5.75 Å². The highest BCUT2D eigenvalue weighted by Crippen LogP contribution is 2.38. The number of alkyl carbamates (subject to hydrolysis) is 1. The first-order valence-electron chi connectivity index (χ1n) is 14.3.